The number of pyridine rings is 1. The van der Waals surface area contributed by atoms with Crippen LogP contribution in [0.25, 0.3) is 0 Å². The van der Waals surface area contributed by atoms with Crippen molar-refractivity contribution in [1.29, 1.82) is 0 Å². The summed E-state index contributed by atoms with van der Waals surface area (Å²) in [4.78, 5) is 4.17. The fraction of sp³-hybridized carbons (Fsp3) is 0.500. The Balaban J connectivity index is 1.96. The van der Waals surface area contributed by atoms with Crippen molar-refractivity contribution in [2.75, 3.05) is 5.32 Å². The van der Waals surface area contributed by atoms with Crippen LogP contribution in [0.3, 0.4) is 0 Å². The number of hydrogen-bond donors (Lipinski definition) is 1. The van der Waals surface area contributed by atoms with Crippen molar-refractivity contribution in [2.24, 2.45) is 5.92 Å². The molecule has 0 spiro atoms. The Labute approximate surface area is 86.9 Å². The lowest BCUT2D eigenvalue weighted by Gasteiger charge is -2.13. The zero-order chi connectivity index (χ0) is 9.26. The average Bonchev–Trinajstić information content (AvgIpc) is 2.91. The lowest BCUT2D eigenvalue weighted by molar-refractivity contribution is 0.693. The summed E-state index contributed by atoms with van der Waals surface area (Å²) < 4.78 is 0.886. The van der Waals surface area contributed by atoms with E-state index in [0.29, 0.717) is 6.04 Å². The van der Waals surface area contributed by atoms with E-state index in [1.807, 2.05) is 12.3 Å². The molecular formula is C10H13BrN2. The highest BCUT2D eigenvalue weighted by Crippen LogP contribution is 2.33. The molecule has 0 amide bonds. The van der Waals surface area contributed by atoms with Crippen LogP contribution in [0.4, 0.5) is 5.69 Å². The number of anilines is 1. The molecule has 1 aliphatic carbocycles. The molecule has 1 aromatic heterocycles. The van der Waals surface area contributed by atoms with Gasteiger partial charge in [-0.3, -0.25) is 0 Å². The maximum Gasteiger partial charge on any atom is 0.106 e. The quantitative estimate of drug-likeness (QED) is 0.822. The summed E-state index contributed by atoms with van der Waals surface area (Å²) in [6.45, 7) is 2.24. The van der Waals surface area contributed by atoms with Gasteiger partial charge in [-0.25, -0.2) is 4.98 Å². The molecule has 1 aliphatic rings. The molecule has 1 aromatic rings. The van der Waals surface area contributed by atoms with Crippen molar-refractivity contribution in [3.63, 3.8) is 0 Å². The van der Waals surface area contributed by atoms with Crippen LogP contribution >= 0.6 is 15.9 Å². The van der Waals surface area contributed by atoms with E-state index in [0.717, 1.165) is 16.2 Å². The van der Waals surface area contributed by atoms with E-state index in [-0.39, 0.29) is 0 Å². The molecule has 0 radical (unpaired) electrons. The lowest BCUT2D eigenvalue weighted by Crippen LogP contribution is -2.17. The normalized spacial score (nSPS) is 18.3. The van der Waals surface area contributed by atoms with Crippen LogP contribution in [-0.4, -0.2) is 11.0 Å². The predicted octanol–water partition coefficient (Wildman–Crippen LogP) is 3.05. The highest BCUT2D eigenvalue weighted by Gasteiger charge is 2.27. The Morgan fingerprint density at radius 2 is 2.31 bits per heavy atom. The van der Waals surface area contributed by atoms with E-state index in [2.05, 4.69) is 39.2 Å². The van der Waals surface area contributed by atoms with Crippen LogP contribution in [-0.2, 0) is 0 Å². The number of aromatic nitrogens is 1. The van der Waals surface area contributed by atoms with Gasteiger partial charge in [-0.05, 0) is 53.7 Å². The van der Waals surface area contributed by atoms with Gasteiger partial charge in [0.25, 0.3) is 0 Å². The van der Waals surface area contributed by atoms with Crippen molar-refractivity contribution >= 4 is 21.6 Å². The van der Waals surface area contributed by atoms with E-state index >= 15 is 0 Å². The van der Waals surface area contributed by atoms with Crippen molar-refractivity contribution in [1.82, 2.24) is 4.98 Å². The first-order valence-electron chi connectivity index (χ1n) is 4.64. The minimum absolute atomic E-state index is 0.586. The summed E-state index contributed by atoms with van der Waals surface area (Å²) in [5, 5.41) is 3.45. The van der Waals surface area contributed by atoms with E-state index in [1.165, 1.54) is 12.8 Å². The fourth-order valence-electron chi connectivity index (χ4n) is 1.44. The summed E-state index contributed by atoms with van der Waals surface area (Å²) >= 11 is 3.31. The summed E-state index contributed by atoms with van der Waals surface area (Å²) in [5.41, 5.74) is 1.11. The van der Waals surface area contributed by atoms with Gasteiger partial charge < -0.3 is 5.32 Å². The van der Waals surface area contributed by atoms with Gasteiger partial charge >= 0.3 is 0 Å². The smallest absolute Gasteiger partial charge is 0.106 e. The molecule has 0 saturated heterocycles. The van der Waals surface area contributed by atoms with Crippen LogP contribution in [0, 0.1) is 5.92 Å². The van der Waals surface area contributed by atoms with Crippen LogP contribution in [0.15, 0.2) is 22.9 Å². The molecule has 1 heterocycles. The Bertz CT molecular complexity index is 279. The molecule has 0 aromatic carbocycles. The van der Waals surface area contributed by atoms with E-state index in [9.17, 15) is 0 Å². The largest absolute Gasteiger partial charge is 0.381 e. The van der Waals surface area contributed by atoms with E-state index in [1.54, 1.807) is 0 Å². The molecule has 2 rings (SSSR count). The molecule has 13 heavy (non-hydrogen) atoms. The standard InChI is InChI=1S/C10H13BrN2/c1-7(8-2-3-8)13-9-4-5-10(11)12-6-9/h4-8,13H,2-3H2,1H3. The molecule has 1 fully saturated rings. The molecule has 70 valence electrons. The van der Waals surface area contributed by atoms with Crippen molar-refractivity contribution in [3.05, 3.63) is 22.9 Å². The van der Waals surface area contributed by atoms with Crippen LogP contribution < -0.4 is 5.32 Å². The number of hydrogen-bond acceptors (Lipinski definition) is 2. The zero-order valence-corrected chi connectivity index (χ0v) is 9.21. The molecule has 0 bridgehead atoms. The third-order valence-corrected chi connectivity index (χ3v) is 2.92. The van der Waals surface area contributed by atoms with Crippen molar-refractivity contribution in [2.45, 2.75) is 25.8 Å². The minimum Gasteiger partial charge on any atom is -0.381 e. The maximum absolute atomic E-state index is 4.17. The fourth-order valence-corrected chi connectivity index (χ4v) is 1.67. The summed E-state index contributed by atoms with van der Waals surface area (Å²) in [6.07, 6.45) is 4.61. The van der Waals surface area contributed by atoms with Crippen molar-refractivity contribution in [3.8, 4) is 0 Å². The first-order chi connectivity index (χ1) is 6.25. The van der Waals surface area contributed by atoms with Gasteiger partial charge in [0.1, 0.15) is 4.60 Å². The summed E-state index contributed by atoms with van der Waals surface area (Å²) in [5.74, 6) is 0.878. The maximum atomic E-state index is 4.17. The Hall–Kier alpha value is -0.570. The molecule has 1 saturated carbocycles. The molecule has 1 N–H and O–H groups in total. The number of rotatable bonds is 3. The van der Waals surface area contributed by atoms with Gasteiger partial charge in [-0.2, -0.15) is 0 Å². The highest BCUT2D eigenvalue weighted by atomic mass is 79.9. The van der Waals surface area contributed by atoms with Gasteiger partial charge in [-0.15, -0.1) is 0 Å². The zero-order valence-electron chi connectivity index (χ0n) is 7.63. The second-order valence-electron chi connectivity index (χ2n) is 3.64. The average molecular weight is 241 g/mol. The Kier molecular flexibility index (Phi) is 2.54. The van der Waals surface area contributed by atoms with Gasteiger partial charge in [0.2, 0.25) is 0 Å². The number of nitrogens with one attached hydrogen (secondary N) is 1. The van der Waals surface area contributed by atoms with Crippen LogP contribution in [0.1, 0.15) is 19.8 Å². The van der Waals surface area contributed by atoms with E-state index < -0.39 is 0 Å². The van der Waals surface area contributed by atoms with Gasteiger partial charge in [0.15, 0.2) is 0 Å². The second kappa shape index (κ2) is 3.66. The van der Waals surface area contributed by atoms with Crippen LogP contribution in [0.5, 0.6) is 0 Å². The molecule has 1 unspecified atom stereocenters. The predicted molar refractivity (Wildman–Crippen MR) is 57.7 cm³/mol. The SMILES string of the molecule is CC(Nc1ccc(Br)nc1)C1CC1. The molecule has 3 heteroatoms. The Morgan fingerprint density at radius 3 is 2.85 bits per heavy atom. The lowest BCUT2D eigenvalue weighted by atomic mass is 10.2. The third kappa shape index (κ3) is 2.44. The molecular weight excluding hydrogens is 228 g/mol. The van der Waals surface area contributed by atoms with Gasteiger partial charge in [-0.1, -0.05) is 0 Å². The molecule has 2 nitrogen and oxygen atoms in total. The minimum atomic E-state index is 0.586. The van der Waals surface area contributed by atoms with Crippen molar-refractivity contribution < 1.29 is 0 Å². The molecule has 1 atom stereocenters. The summed E-state index contributed by atoms with van der Waals surface area (Å²) in [7, 11) is 0. The monoisotopic (exact) mass is 240 g/mol. The Morgan fingerprint density at radius 1 is 1.54 bits per heavy atom. The number of halogens is 1. The first kappa shape index (κ1) is 9.00. The highest BCUT2D eigenvalue weighted by molar-refractivity contribution is 9.10. The van der Waals surface area contributed by atoms with E-state index in [4.69, 9.17) is 0 Å². The van der Waals surface area contributed by atoms with Gasteiger partial charge in [0, 0.05) is 6.04 Å². The van der Waals surface area contributed by atoms with Crippen LogP contribution in [0.2, 0.25) is 0 Å². The third-order valence-electron chi connectivity index (χ3n) is 2.45. The molecule has 0 aliphatic heterocycles. The summed E-state index contributed by atoms with van der Waals surface area (Å²) in [6, 6.07) is 4.60. The second-order valence-corrected chi connectivity index (χ2v) is 4.45. The first-order valence-corrected chi connectivity index (χ1v) is 5.43. The topological polar surface area (TPSA) is 24.9 Å². The number of nitrogens with zero attached hydrogens (tertiary/aromatic N) is 1. The van der Waals surface area contributed by atoms with Gasteiger partial charge in [0.05, 0.1) is 11.9 Å².